The lowest BCUT2D eigenvalue weighted by molar-refractivity contribution is -0.122. The third-order valence-electron chi connectivity index (χ3n) is 6.58. The van der Waals surface area contributed by atoms with Gasteiger partial charge in [0.2, 0.25) is 0 Å². The van der Waals surface area contributed by atoms with Crippen LogP contribution in [0.1, 0.15) is 69.9 Å². The summed E-state index contributed by atoms with van der Waals surface area (Å²) in [5.41, 5.74) is 4.76. The highest BCUT2D eigenvalue weighted by Crippen LogP contribution is 2.36. The first-order chi connectivity index (χ1) is 18.5. The van der Waals surface area contributed by atoms with Gasteiger partial charge in [-0.15, -0.1) is 0 Å². The van der Waals surface area contributed by atoms with Crippen molar-refractivity contribution in [2.24, 2.45) is 0 Å². The van der Waals surface area contributed by atoms with Gasteiger partial charge in [-0.1, -0.05) is 88.1 Å². The largest absolute Gasteiger partial charge is 0.494 e. The van der Waals surface area contributed by atoms with E-state index in [0.717, 1.165) is 53.1 Å². The number of unbranched alkanes of at least 4 members (excludes halogenated alkanes) is 5. The van der Waals surface area contributed by atoms with E-state index in [-0.39, 0.29) is 5.91 Å². The number of hydrogen-bond donors (Lipinski definition) is 0. The standard InChI is InChI=1S/C31H37N3O2S2/c1-4-6-7-8-9-13-18-33-30(35)28(38-31(33)37)21-24-22-34(25-14-11-10-12-15-25)32-29(24)27-17-16-26(20-23(27)3)36-19-5-2/h10-12,14-17,20-22H,4-9,13,18-19H2,1-3H3/b28-21-. The molecule has 4 rings (SSSR count). The number of carbonyl (C=O) groups excluding carboxylic acids is 1. The molecule has 1 aromatic heterocycles. The Morgan fingerprint density at radius 2 is 1.76 bits per heavy atom. The van der Waals surface area contributed by atoms with Gasteiger partial charge in [-0.25, -0.2) is 4.68 Å². The van der Waals surface area contributed by atoms with Crippen LogP contribution in [-0.2, 0) is 4.79 Å². The van der Waals surface area contributed by atoms with Crippen LogP contribution in [0, 0.1) is 6.92 Å². The number of rotatable bonds is 13. The fraction of sp³-hybridized carbons (Fsp3) is 0.387. The Morgan fingerprint density at radius 1 is 1.00 bits per heavy atom. The number of ether oxygens (including phenoxy) is 1. The smallest absolute Gasteiger partial charge is 0.266 e. The molecule has 0 bridgehead atoms. The second kappa shape index (κ2) is 13.8. The van der Waals surface area contributed by atoms with Crippen LogP contribution in [0.5, 0.6) is 5.75 Å². The van der Waals surface area contributed by atoms with Crippen molar-refractivity contribution < 1.29 is 9.53 Å². The molecule has 1 aliphatic rings. The highest BCUT2D eigenvalue weighted by molar-refractivity contribution is 8.26. The number of hydrogen-bond acceptors (Lipinski definition) is 5. The van der Waals surface area contributed by atoms with Crippen molar-refractivity contribution in [2.45, 2.75) is 65.7 Å². The second-order valence-corrected chi connectivity index (χ2v) is 11.3. The molecule has 2 heterocycles. The van der Waals surface area contributed by atoms with Crippen LogP contribution in [-0.4, -0.2) is 38.1 Å². The van der Waals surface area contributed by atoms with Crippen molar-refractivity contribution in [3.8, 4) is 22.7 Å². The quantitative estimate of drug-likeness (QED) is 0.123. The number of aryl methyl sites for hydroxylation is 1. The van der Waals surface area contributed by atoms with Gasteiger partial charge in [0.05, 0.1) is 17.2 Å². The summed E-state index contributed by atoms with van der Waals surface area (Å²) in [6, 6.07) is 16.1. The molecule has 1 amide bonds. The predicted molar refractivity (Wildman–Crippen MR) is 163 cm³/mol. The second-order valence-electron chi connectivity index (χ2n) is 9.64. The van der Waals surface area contributed by atoms with Crippen LogP contribution < -0.4 is 4.74 Å². The Hall–Kier alpha value is -2.90. The molecule has 1 fully saturated rings. The molecule has 0 spiro atoms. The van der Waals surface area contributed by atoms with E-state index >= 15 is 0 Å². The maximum Gasteiger partial charge on any atom is 0.266 e. The first-order valence-electron chi connectivity index (χ1n) is 13.7. The van der Waals surface area contributed by atoms with Crippen LogP contribution in [0.25, 0.3) is 23.0 Å². The number of thiocarbonyl (C=S) groups is 1. The van der Waals surface area contributed by atoms with Crippen LogP contribution in [0.2, 0.25) is 0 Å². The Morgan fingerprint density at radius 3 is 2.50 bits per heavy atom. The molecule has 0 unspecified atom stereocenters. The minimum Gasteiger partial charge on any atom is -0.494 e. The summed E-state index contributed by atoms with van der Waals surface area (Å²) in [7, 11) is 0. The van der Waals surface area contributed by atoms with E-state index < -0.39 is 0 Å². The molecule has 0 N–H and O–H groups in total. The van der Waals surface area contributed by atoms with Crippen LogP contribution >= 0.6 is 24.0 Å². The summed E-state index contributed by atoms with van der Waals surface area (Å²) >= 11 is 6.99. The van der Waals surface area contributed by atoms with E-state index in [9.17, 15) is 4.79 Å². The summed E-state index contributed by atoms with van der Waals surface area (Å²) in [5, 5.41) is 4.96. The first kappa shape index (κ1) is 28.1. The minimum absolute atomic E-state index is 0.00740. The molecule has 7 heteroatoms. The van der Waals surface area contributed by atoms with Crippen LogP contribution in [0.3, 0.4) is 0 Å². The van der Waals surface area contributed by atoms with Crippen molar-refractivity contribution in [2.75, 3.05) is 13.2 Å². The normalized spacial score (nSPS) is 14.6. The monoisotopic (exact) mass is 547 g/mol. The molecular weight excluding hydrogens is 510 g/mol. The van der Waals surface area contributed by atoms with Crippen molar-refractivity contribution in [1.29, 1.82) is 0 Å². The van der Waals surface area contributed by atoms with E-state index in [1.165, 1.54) is 37.4 Å². The number of benzene rings is 2. The van der Waals surface area contributed by atoms with Crippen molar-refractivity contribution >= 4 is 40.3 Å². The van der Waals surface area contributed by atoms with Gasteiger partial charge in [0.25, 0.3) is 5.91 Å². The zero-order valence-corrected chi connectivity index (χ0v) is 24.2. The Bertz CT molecular complexity index is 1280. The summed E-state index contributed by atoms with van der Waals surface area (Å²) in [5.74, 6) is 0.847. The van der Waals surface area contributed by atoms with E-state index in [1.807, 2.05) is 53.4 Å². The molecule has 1 aliphatic heterocycles. The molecule has 5 nitrogen and oxygen atoms in total. The van der Waals surface area contributed by atoms with Crippen molar-refractivity contribution in [3.63, 3.8) is 0 Å². The summed E-state index contributed by atoms with van der Waals surface area (Å²) in [6.45, 7) is 7.76. The third-order valence-corrected chi connectivity index (χ3v) is 7.96. The average molecular weight is 548 g/mol. The van der Waals surface area contributed by atoms with Gasteiger partial charge >= 0.3 is 0 Å². The number of carbonyl (C=O) groups is 1. The van der Waals surface area contributed by atoms with Gasteiger partial charge in [0.1, 0.15) is 15.8 Å². The lowest BCUT2D eigenvalue weighted by Gasteiger charge is -2.14. The van der Waals surface area contributed by atoms with E-state index in [4.69, 9.17) is 22.1 Å². The lowest BCUT2D eigenvalue weighted by Crippen LogP contribution is -2.29. The zero-order chi connectivity index (χ0) is 26.9. The minimum atomic E-state index is -0.00740. The Labute approximate surface area is 236 Å². The number of para-hydroxylation sites is 1. The maximum atomic E-state index is 13.3. The van der Waals surface area contributed by atoms with Gasteiger partial charge in [0.15, 0.2) is 0 Å². The molecular formula is C31H37N3O2S2. The molecule has 1 saturated heterocycles. The molecule has 0 saturated carbocycles. The fourth-order valence-electron chi connectivity index (χ4n) is 4.51. The number of nitrogens with zero attached hydrogens (tertiary/aromatic N) is 3. The lowest BCUT2D eigenvalue weighted by atomic mass is 10.0. The Balaban J connectivity index is 1.61. The first-order valence-corrected chi connectivity index (χ1v) is 14.9. The van der Waals surface area contributed by atoms with E-state index in [0.29, 0.717) is 22.4 Å². The highest BCUT2D eigenvalue weighted by atomic mass is 32.2. The summed E-state index contributed by atoms with van der Waals surface area (Å²) in [6.07, 6.45) is 12.0. The van der Waals surface area contributed by atoms with Crippen molar-refractivity contribution in [1.82, 2.24) is 14.7 Å². The molecule has 38 heavy (non-hydrogen) atoms. The van der Waals surface area contributed by atoms with Gasteiger partial charge in [-0.3, -0.25) is 9.69 Å². The molecule has 200 valence electrons. The molecule has 2 aromatic carbocycles. The van der Waals surface area contributed by atoms with Crippen LogP contribution in [0.15, 0.2) is 59.6 Å². The zero-order valence-electron chi connectivity index (χ0n) is 22.6. The number of amides is 1. The number of aromatic nitrogens is 2. The highest BCUT2D eigenvalue weighted by Gasteiger charge is 2.32. The van der Waals surface area contributed by atoms with Gasteiger partial charge in [-0.05, 0) is 61.7 Å². The molecule has 0 aliphatic carbocycles. The Kier molecular flexibility index (Phi) is 10.2. The summed E-state index contributed by atoms with van der Waals surface area (Å²) < 4.78 is 8.34. The van der Waals surface area contributed by atoms with E-state index in [1.54, 1.807) is 4.90 Å². The topological polar surface area (TPSA) is 47.4 Å². The maximum absolute atomic E-state index is 13.3. The predicted octanol–water partition coefficient (Wildman–Crippen LogP) is 8.20. The number of thioether (sulfide) groups is 1. The molecule has 0 radical (unpaired) electrons. The SMILES string of the molecule is CCCCCCCCN1C(=O)/C(=C/c2cn(-c3ccccc3)nc2-c2ccc(OCCC)cc2C)SC1=S. The third kappa shape index (κ3) is 6.94. The molecule has 3 aromatic rings. The van der Waals surface area contributed by atoms with Gasteiger partial charge < -0.3 is 4.74 Å². The fourth-order valence-corrected chi connectivity index (χ4v) is 5.81. The van der Waals surface area contributed by atoms with Gasteiger partial charge in [-0.2, -0.15) is 5.10 Å². The average Bonchev–Trinajstić information content (AvgIpc) is 3.46. The van der Waals surface area contributed by atoms with Gasteiger partial charge in [0, 0.05) is 23.9 Å². The molecule has 0 atom stereocenters. The van der Waals surface area contributed by atoms with Crippen LogP contribution in [0.4, 0.5) is 0 Å². The summed E-state index contributed by atoms with van der Waals surface area (Å²) in [4.78, 5) is 15.7. The van der Waals surface area contributed by atoms with E-state index in [2.05, 4.69) is 32.9 Å². The van der Waals surface area contributed by atoms with Crippen molar-refractivity contribution in [3.05, 3.63) is 70.8 Å².